The van der Waals surface area contributed by atoms with Crippen molar-refractivity contribution in [1.82, 2.24) is 4.90 Å². The van der Waals surface area contributed by atoms with Crippen LogP contribution in [0.3, 0.4) is 0 Å². The lowest BCUT2D eigenvalue weighted by molar-refractivity contribution is 0.0589. The van der Waals surface area contributed by atoms with Crippen LogP contribution in [0.4, 0.5) is 0 Å². The number of ether oxygens (including phenoxy) is 2. The van der Waals surface area contributed by atoms with Gasteiger partial charge < -0.3 is 19.5 Å². The van der Waals surface area contributed by atoms with Gasteiger partial charge in [-0.3, -0.25) is 0 Å². The van der Waals surface area contributed by atoms with Gasteiger partial charge in [-0.1, -0.05) is 33.8 Å². The smallest absolute Gasteiger partial charge is 0.337 e. The Hall–Kier alpha value is -1.59. The lowest BCUT2D eigenvalue weighted by Crippen LogP contribution is -2.39. The maximum absolute atomic E-state index is 11.5. The SMILES string of the molecule is COC(=O)c1cccc(OC[C@H](O)CN(CC(C)C)CC(C)C)c1. The molecule has 0 unspecified atom stereocenters. The molecule has 0 bridgehead atoms. The third-order valence-corrected chi connectivity index (χ3v) is 3.41. The Morgan fingerprint density at radius 3 is 2.29 bits per heavy atom. The molecule has 0 fully saturated rings. The highest BCUT2D eigenvalue weighted by Gasteiger charge is 2.15. The molecule has 0 aliphatic carbocycles. The monoisotopic (exact) mass is 337 g/mol. The Bertz CT molecular complexity index is 492. The minimum atomic E-state index is -0.579. The first-order valence-corrected chi connectivity index (χ1v) is 8.53. The summed E-state index contributed by atoms with van der Waals surface area (Å²) in [6.07, 6.45) is -0.579. The van der Waals surface area contributed by atoms with E-state index < -0.39 is 12.1 Å². The van der Waals surface area contributed by atoms with Gasteiger partial charge in [0.2, 0.25) is 0 Å². The molecule has 136 valence electrons. The van der Waals surface area contributed by atoms with Crippen LogP contribution in [-0.4, -0.2) is 55.4 Å². The number of carbonyl (C=O) groups excluding carboxylic acids is 1. The summed E-state index contributed by atoms with van der Waals surface area (Å²) in [5.41, 5.74) is 0.436. The highest BCUT2D eigenvalue weighted by molar-refractivity contribution is 5.89. The van der Waals surface area contributed by atoms with Crippen molar-refractivity contribution in [2.75, 3.05) is 33.4 Å². The molecule has 24 heavy (non-hydrogen) atoms. The van der Waals surface area contributed by atoms with E-state index >= 15 is 0 Å². The van der Waals surface area contributed by atoms with E-state index in [0.29, 0.717) is 29.7 Å². The number of rotatable bonds is 10. The molecule has 1 N–H and O–H groups in total. The average Bonchev–Trinajstić information content (AvgIpc) is 2.51. The molecule has 0 heterocycles. The summed E-state index contributed by atoms with van der Waals surface area (Å²) >= 11 is 0. The number of hydrogen-bond donors (Lipinski definition) is 1. The Morgan fingerprint density at radius 2 is 1.75 bits per heavy atom. The van der Waals surface area contributed by atoms with E-state index in [4.69, 9.17) is 9.47 Å². The molecule has 1 aromatic rings. The second-order valence-corrected chi connectivity index (χ2v) is 6.99. The second-order valence-electron chi connectivity index (χ2n) is 6.99. The Labute approximate surface area is 145 Å². The van der Waals surface area contributed by atoms with Crippen LogP contribution in [-0.2, 0) is 4.74 Å². The van der Waals surface area contributed by atoms with Crippen LogP contribution < -0.4 is 4.74 Å². The molecule has 0 radical (unpaired) electrons. The van der Waals surface area contributed by atoms with Gasteiger partial charge in [-0.05, 0) is 30.0 Å². The molecule has 0 aliphatic heterocycles. The molecule has 0 spiro atoms. The average molecular weight is 337 g/mol. The lowest BCUT2D eigenvalue weighted by atomic mass is 10.1. The number of aliphatic hydroxyl groups excluding tert-OH is 1. The van der Waals surface area contributed by atoms with E-state index in [-0.39, 0.29) is 6.61 Å². The third-order valence-electron chi connectivity index (χ3n) is 3.41. The Kier molecular flexibility index (Phi) is 8.79. The summed E-state index contributed by atoms with van der Waals surface area (Å²) < 4.78 is 10.3. The van der Waals surface area contributed by atoms with Gasteiger partial charge in [0.25, 0.3) is 0 Å². The maximum Gasteiger partial charge on any atom is 0.337 e. The highest BCUT2D eigenvalue weighted by Crippen LogP contribution is 2.14. The number of methoxy groups -OCH3 is 1. The van der Waals surface area contributed by atoms with Gasteiger partial charge in [0.1, 0.15) is 18.5 Å². The molecule has 0 saturated heterocycles. The number of aliphatic hydroxyl groups is 1. The standard InChI is InChI=1S/C19H31NO4/c1-14(2)10-20(11-15(3)4)12-17(21)13-24-18-8-6-7-16(9-18)19(22)23-5/h6-9,14-15,17,21H,10-13H2,1-5H3/t17-/m1/s1. The summed E-state index contributed by atoms with van der Waals surface area (Å²) in [7, 11) is 1.34. The van der Waals surface area contributed by atoms with Crippen molar-refractivity contribution < 1.29 is 19.4 Å². The zero-order valence-corrected chi connectivity index (χ0v) is 15.5. The molecule has 0 aromatic heterocycles. The van der Waals surface area contributed by atoms with Crippen molar-refractivity contribution in [2.24, 2.45) is 11.8 Å². The van der Waals surface area contributed by atoms with Crippen molar-refractivity contribution >= 4 is 5.97 Å². The van der Waals surface area contributed by atoms with Crippen molar-refractivity contribution in [2.45, 2.75) is 33.8 Å². The molecule has 1 atom stereocenters. The van der Waals surface area contributed by atoms with Gasteiger partial charge in [-0.15, -0.1) is 0 Å². The summed E-state index contributed by atoms with van der Waals surface area (Å²) in [4.78, 5) is 13.8. The fourth-order valence-corrected chi connectivity index (χ4v) is 2.63. The molecular weight excluding hydrogens is 306 g/mol. The number of nitrogens with zero attached hydrogens (tertiary/aromatic N) is 1. The quantitative estimate of drug-likeness (QED) is 0.665. The summed E-state index contributed by atoms with van der Waals surface area (Å²) in [6, 6.07) is 6.79. The van der Waals surface area contributed by atoms with Crippen LogP contribution in [0, 0.1) is 11.8 Å². The van der Waals surface area contributed by atoms with Gasteiger partial charge in [-0.25, -0.2) is 4.79 Å². The van der Waals surface area contributed by atoms with E-state index in [9.17, 15) is 9.90 Å². The van der Waals surface area contributed by atoms with E-state index in [1.165, 1.54) is 7.11 Å². The molecule has 5 heteroatoms. The van der Waals surface area contributed by atoms with Gasteiger partial charge >= 0.3 is 5.97 Å². The first kappa shape index (κ1) is 20.5. The van der Waals surface area contributed by atoms with Crippen LogP contribution in [0.25, 0.3) is 0 Å². The van der Waals surface area contributed by atoms with E-state index in [1.54, 1.807) is 24.3 Å². The second kappa shape index (κ2) is 10.3. The number of carbonyl (C=O) groups is 1. The number of benzene rings is 1. The minimum Gasteiger partial charge on any atom is -0.491 e. The highest BCUT2D eigenvalue weighted by atomic mass is 16.5. The van der Waals surface area contributed by atoms with Gasteiger partial charge in [-0.2, -0.15) is 0 Å². The zero-order valence-electron chi connectivity index (χ0n) is 15.5. The Morgan fingerprint density at radius 1 is 1.12 bits per heavy atom. The van der Waals surface area contributed by atoms with Gasteiger partial charge in [0.05, 0.1) is 12.7 Å². The van der Waals surface area contributed by atoms with Crippen LogP contribution >= 0.6 is 0 Å². The van der Waals surface area contributed by atoms with E-state index in [0.717, 1.165) is 13.1 Å². The van der Waals surface area contributed by atoms with Crippen LogP contribution in [0.2, 0.25) is 0 Å². The topological polar surface area (TPSA) is 59.0 Å². The number of hydrogen-bond acceptors (Lipinski definition) is 5. The first-order valence-electron chi connectivity index (χ1n) is 8.53. The summed E-state index contributed by atoms with van der Waals surface area (Å²) in [6.45, 7) is 11.4. The van der Waals surface area contributed by atoms with Crippen LogP contribution in [0.1, 0.15) is 38.1 Å². The molecule has 5 nitrogen and oxygen atoms in total. The molecule has 0 amide bonds. The zero-order chi connectivity index (χ0) is 18.1. The van der Waals surface area contributed by atoms with E-state index in [1.807, 2.05) is 0 Å². The minimum absolute atomic E-state index is 0.192. The Balaban J connectivity index is 2.54. The third kappa shape index (κ3) is 7.79. The lowest BCUT2D eigenvalue weighted by Gasteiger charge is -2.28. The molecule has 1 rings (SSSR count). The van der Waals surface area contributed by atoms with Crippen molar-refractivity contribution in [1.29, 1.82) is 0 Å². The van der Waals surface area contributed by atoms with Crippen molar-refractivity contribution in [3.8, 4) is 5.75 Å². The summed E-state index contributed by atoms with van der Waals surface area (Å²) in [5.74, 6) is 1.25. The van der Waals surface area contributed by atoms with Crippen LogP contribution in [0.15, 0.2) is 24.3 Å². The molecule has 1 aromatic carbocycles. The fraction of sp³-hybridized carbons (Fsp3) is 0.632. The fourth-order valence-electron chi connectivity index (χ4n) is 2.63. The molecular formula is C19H31NO4. The maximum atomic E-state index is 11.5. The predicted molar refractivity (Wildman–Crippen MR) is 95.4 cm³/mol. The first-order chi connectivity index (χ1) is 11.3. The summed E-state index contributed by atoms with van der Waals surface area (Å²) in [5, 5.41) is 10.3. The van der Waals surface area contributed by atoms with Crippen LogP contribution in [0.5, 0.6) is 5.75 Å². The predicted octanol–water partition coefficient (Wildman–Crippen LogP) is 2.83. The largest absolute Gasteiger partial charge is 0.491 e. The number of esters is 1. The normalized spacial score (nSPS) is 12.7. The molecule has 0 aliphatic rings. The van der Waals surface area contributed by atoms with Gasteiger partial charge in [0, 0.05) is 19.6 Å². The van der Waals surface area contributed by atoms with Crippen molar-refractivity contribution in [3.05, 3.63) is 29.8 Å². The van der Waals surface area contributed by atoms with Crippen molar-refractivity contribution in [3.63, 3.8) is 0 Å². The van der Waals surface area contributed by atoms with Gasteiger partial charge in [0.15, 0.2) is 0 Å². The van der Waals surface area contributed by atoms with E-state index in [2.05, 4.69) is 32.6 Å². The molecule has 0 saturated carbocycles.